The summed E-state index contributed by atoms with van der Waals surface area (Å²) in [5.74, 6) is 2.60. The molecule has 0 radical (unpaired) electrons. The molecule has 0 saturated carbocycles. The number of nitrogens with one attached hydrogen (secondary N) is 2. The molecule has 20 heavy (non-hydrogen) atoms. The van der Waals surface area contributed by atoms with Crippen molar-refractivity contribution in [3.8, 4) is 0 Å². The summed E-state index contributed by atoms with van der Waals surface area (Å²) in [7, 11) is 4.00. The summed E-state index contributed by atoms with van der Waals surface area (Å²) in [5, 5.41) is 6.45. The number of nitrogens with zero attached hydrogens (tertiary/aromatic N) is 3. The number of morpholine rings is 1. The number of hydrogen-bond donors (Lipinski definition) is 2. The molecular formula is C14H25N5O. The van der Waals surface area contributed by atoms with Crippen LogP contribution in [0, 0.1) is 0 Å². The van der Waals surface area contributed by atoms with Crippen LogP contribution in [-0.4, -0.2) is 61.3 Å². The fourth-order valence-electron chi connectivity index (χ4n) is 2.26. The molecule has 1 aliphatic heterocycles. The predicted molar refractivity (Wildman–Crippen MR) is 81.3 cm³/mol. The van der Waals surface area contributed by atoms with Crippen molar-refractivity contribution < 1.29 is 4.74 Å². The zero-order valence-corrected chi connectivity index (χ0v) is 12.6. The standard InChI is InChI=1S/C14H25N5O/c1-4-5-12-17-13(15-2)8-14(18-12)16-9-11-10-19(3)6-7-20-11/h8,11H,4-7,9-10H2,1-3H3,(H2,15,16,17,18). The number of ether oxygens (including phenoxy) is 1. The van der Waals surface area contributed by atoms with E-state index in [1.54, 1.807) is 0 Å². The van der Waals surface area contributed by atoms with Crippen molar-refractivity contribution in [2.75, 3.05) is 51.0 Å². The lowest BCUT2D eigenvalue weighted by Crippen LogP contribution is -2.43. The Labute approximate surface area is 120 Å². The van der Waals surface area contributed by atoms with Crippen LogP contribution < -0.4 is 10.6 Å². The lowest BCUT2D eigenvalue weighted by atomic mass is 10.3. The second-order valence-corrected chi connectivity index (χ2v) is 5.19. The number of aromatic nitrogens is 2. The molecular weight excluding hydrogens is 254 g/mol. The molecule has 1 aromatic rings. The first-order chi connectivity index (χ1) is 9.71. The minimum atomic E-state index is 0.219. The van der Waals surface area contributed by atoms with Crippen molar-refractivity contribution in [1.82, 2.24) is 14.9 Å². The van der Waals surface area contributed by atoms with Crippen molar-refractivity contribution in [2.45, 2.75) is 25.9 Å². The van der Waals surface area contributed by atoms with Crippen molar-refractivity contribution in [3.63, 3.8) is 0 Å². The number of anilines is 2. The summed E-state index contributed by atoms with van der Waals surface area (Å²) >= 11 is 0. The van der Waals surface area contributed by atoms with Gasteiger partial charge in [0.25, 0.3) is 0 Å². The maximum absolute atomic E-state index is 5.74. The number of rotatable bonds is 6. The van der Waals surface area contributed by atoms with E-state index in [1.807, 2.05) is 13.1 Å². The van der Waals surface area contributed by atoms with E-state index in [9.17, 15) is 0 Å². The number of hydrogen-bond acceptors (Lipinski definition) is 6. The largest absolute Gasteiger partial charge is 0.374 e. The monoisotopic (exact) mass is 279 g/mol. The van der Waals surface area contributed by atoms with Crippen LogP contribution in [0.5, 0.6) is 0 Å². The normalized spacial score (nSPS) is 19.9. The zero-order valence-electron chi connectivity index (χ0n) is 12.6. The van der Waals surface area contributed by atoms with Crippen LogP contribution in [0.1, 0.15) is 19.2 Å². The van der Waals surface area contributed by atoms with E-state index in [0.717, 1.165) is 56.5 Å². The molecule has 1 aromatic heterocycles. The maximum atomic E-state index is 5.74. The van der Waals surface area contributed by atoms with Crippen LogP contribution in [0.3, 0.4) is 0 Å². The van der Waals surface area contributed by atoms with Gasteiger partial charge in [-0.15, -0.1) is 0 Å². The fourth-order valence-corrected chi connectivity index (χ4v) is 2.26. The minimum Gasteiger partial charge on any atom is -0.374 e. The molecule has 0 aliphatic carbocycles. The summed E-state index contributed by atoms with van der Waals surface area (Å²) in [5.41, 5.74) is 0. The first-order valence-corrected chi connectivity index (χ1v) is 7.31. The molecule has 6 heteroatoms. The van der Waals surface area contributed by atoms with Gasteiger partial charge in [-0.1, -0.05) is 6.92 Å². The van der Waals surface area contributed by atoms with Crippen molar-refractivity contribution in [1.29, 1.82) is 0 Å². The van der Waals surface area contributed by atoms with E-state index in [2.05, 4.69) is 39.5 Å². The molecule has 1 fully saturated rings. The van der Waals surface area contributed by atoms with E-state index < -0.39 is 0 Å². The Kier molecular flexibility index (Phi) is 5.55. The van der Waals surface area contributed by atoms with Gasteiger partial charge in [-0.05, 0) is 13.5 Å². The first kappa shape index (κ1) is 15.0. The molecule has 1 atom stereocenters. The van der Waals surface area contributed by atoms with Gasteiger partial charge in [-0.25, -0.2) is 9.97 Å². The quantitative estimate of drug-likeness (QED) is 0.816. The van der Waals surface area contributed by atoms with E-state index in [-0.39, 0.29) is 6.10 Å². The van der Waals surface area contributed by atoms with Crippen LogP contribution in [0.25, 0.3) is 0 Å². The summed E-state index contributed by atoms with van der Waals surface area (Å²) in [6, 6.07) is 1.94. The summed E-state index contributed by atoms with van der Waals surface area (Å²) in [6.07, 6.45) is 2.16. The highest BCUT2D eigenvalue weighted by Crippen LogP contribution is 2.13. The third-order valence-corrected chi connectivity index (χ3v) is 3.35. The first-order valence-electron chi connectivity index (χ1n) is 7.31. The fraction of sp³-hybridized carbons (Fsp3) is 0.714. The SMILES string of the molecule is CCCc1nc(NC)cc(NCC2CN(C)CCO2)n1. The van der Waals surface area contributed by atoms with E-state index in [0.29, 0.717) is 0 Å². The molecule has 112 valence electrons. The Bertz CT molecular complexity index is 426. The van der Waals surface area contributed by atoms with E-state index in [1.165, 1.54) is 0 Å². The molecule has 2 heterocycles. The average Bonchev–Trinajstić information content (AvgIpc) is 2.45. The average molecular weight is 279 g/mol. The predicted octanol–water partition coefficient (Wildman–Crippen LogP) is 1.21. The molecule has 0 amide bonds. The minimum absolute atomic E-state index is 0.219. The highest BCUT2D eigenvalue weighted by Gasteiger charge is 2.17. The molecule has 1 unspecified atom stereocenters. The molecule has 1 saturated heterocycles. The molecule has 0 spiro atoms. The summed E-state index contributed by atoms with van der Waals surface area (Å²) in [4.78, 5) is 11.3. The van der Waals surface area contributed by atoms with Gasteiger partial charge in [0.05, 0.1) is 12.7 Å². The van der Waals surface area contributed by atoms with Gasteiger partial charge in [0.15, 0.2) is 0 Å². The topological polar surface area (TPSA) is 62.3 Å². The zero-order chi connectivity index (χ0) is 14.4. The third kappa shape index (κ3) is 4.31. The van der Waals surface area contributed by atoms with Gasteiger partial charge in [0, 0.05) is 39.2 Å². The Morgan fingerprint density at radius 1 is 1.40 bits per heavy atom. The molecule has 6 nitrogen and oxygen atoms in total. The highest BCUT2D eigenvalue weighted by molar-refractivity contribution is 5.47. The van der Waals surface area contributed by atoms with Crippen molar-refractivity contribution >= 4 is 11.6 Å². The van der Waals surface area contributed by atoms with Gasteiger partial charge in [-0.2, -0.15) is 0 Å². The molecule has 1 aliphatic rings. The number of likely N-dealkylation sites (N-methyl/N-ethyl adjacent to an activating group) is 1. The maximum Gasteiger partial charge on any atom is 0.133 e. The van der Waals surface area contributed by atoms with E-state index in [4.69, 9.17) is 4.74 Å². The smallest absolute Gasteiger partial charge is 0.133 e. The van der Waals surface area contributed by atoms with Gasteiger partial charge < -0.3 is 20.3 Å². The van der Waals surface area contributed by atoms with E-state index >= 15 is 0 Å². The summed E-state index contributed by atoms with van der Waals surface area (Å²) < 4.78 is 5.74. The van der Waals surface area contributed by atoms with Gasteiger partial charge >= 0.3 is 0 Å². The Morgan fingerprint density at radius 2 is 2.20 bits per heavy atom. The number of aryl methyl sites for hydroxylation is 1. The summed E-state index contributed by atoms with van der Waals surface area (Å²) in [6.45, 7) is 5.67. The molecule has 2 rings (SSSR count). The highest BCUT2D eigenvalue weighted by atomic mass is 16.5. The van der Waals surface area contributed by atoms with Gasteiger partial charge in [-0.3, -0.25) is 0 Å². The second kappa shape index (κ2) is 7.40. The molecule has 0 bridgehead atoms. The molecule has 2 N–H and O–H groups in total. The lowest BCUT2D eigenvalue weighted by molar-refractivity contribution is -0.0117. The van der Waals surface area contributed by atoms with Crippen LogP contribution in [-0.2, 0) is 11.2 Å². The Morgan fingerprint density at radius 3 is 2.90 bits per heavy atom. The van der Waals surface area contributed by atoms with Crippen LogP contribution >= 0.6 is 0 Å². The van der Waals surface area contributed by atoms with Gasteiger partial charge in [0.1, 0.15) is 17.5 Å². The Balaban J connectivity index is 1.95. The third-order valence-electron chi connectivity index (χ3n) is 3.35. The van der Waals surface area contributed by atoms with Crippen LogP contribution in [0.4, 0.5) is 11.6 Å². The second-order valence-electron chi connectivity index (χ2n) is 5.19. The van der Waals surface area contributed by atoms with Crippen molar-refractivity contribution in [3.05, 3.63) is 11.9 Å². The van der Waals surface area contributed by atoms with Crippen molar-refractivity contribution in [2.24, 2.45) is 0 Å². The van der Waals surface area contributed by atoms with Crippen LogP contribution in [0.15, 0.2) is 6.07 Å². The van der Waals surface area contributed by atoms with Crippen LogP contribution in [0.2, 0.25) is 0 Å². The molecule has 0 aromatic carbocycles. The lowest BCUT2D eigenvalue weighted by Gasteiger charge is -2.30. The Hall–Kier alpha value is -1.40. The van der Waals surface area contributed by atoms with Gasteiger partial charge in [0.2, 0.25) is 0 Å².